The van der Waals surface area contributed by atoms with Crippen LogP contribution in [0.1, 0.15) is 23.0 Å². The normalized spacial score (nSPS) is 10.5. The number of hydrogen-bond donors (Lipinski definition) is 0. The molecule has 2 rings (SSSR count). The number of carbonyl (C=O) groups excluding carboxylic acids is 1. The van der Waals surface area contributed by atoms with Crippen molar-refractivity contribution in [2.45, 2.75) is 13.5 Å². The van der Waals surface area contributed by atoms with Crippen molar-refractivity contribution in [3.63, 3.8) is 0 Å². The third-order valence-electron chi connectivity index (χ3n) is 3.09. The van der Waals surface area contributed by atoms with E-state index in [2.05, 4.69) is 0 Å². The smallest absolute Gasteiger partial charge is 0.270 e. The lowest BCUT2D eigenvalue weighted by Crippen LogP contribution is -2.31. The fourth-order valence-corrected chi connectivity index (χ4v) is 2.24. The largest absolute Gasteiger partial charge is 0.347 e. The molecule has 1 aromatic heterocycles. The molecular formula is C15H17ClN2O. The second-order valence-electron chi connectivity index (χ2n) is 4.45. The molecule has 0 aliphatic carbocycles. The summed E-state index contributed by atoms with van der Waals surface area (Å²) in [6, 6.07) is 11.3. The zero-order valence-corrected chi connectivity index (χ0v) is 11.9. The lowest BCUT2D eigenvalue weighted by molar-refractivity contribution is 0.0743. The number of carbonyl (C=O) groups is 1. The number of aryl methyl sites for hydroxylation is 1. The topological polar surface area (TPSA) is 25.2 Å². The minimum absolute atomic E-state index is 0.0370. The standard InChI is InChI=1S/C15H17ClN2O/c1-3-18(11-12-6-4-7-13(16)10-12)15(19)14-8-5-9-17(14)2/h4-10H,3,11H2,1-2H3. The van der Waals surface area contributed by atoms with Crippen LogP contribution in [0, 0.1) is 0 Å². The second kappa shape index (κ2) is 5.93. The van der Waals surface area contributed by atoms with Crippen LogP contribution >= 0.6 is 11.6 Å². The first kappa shape index (κ1) is 13.7. The molecule has 0 aliphatic heterocycles. The van der Waals surface area contributed by atoms with Crippen LogP contribution in [0.4, 0.5) is 0 Å². The average Bonchev–Trinajstić information content (AvgIpc) is 2.81. The van der Waals surface area contributed by atoms with E-state index >= 15 is 0 Å². The first-order valence-corrected chi connectivity index (χ1v) is 6.64. The highest BCUT2D eigenvalue weighted by molar-refractivity contribution is 6.30. The first-order chi connectivity index (χ1) is 9.11. The molecule has 100 valence electrons. The summed E-state index contributed by atoms with van der Waals surface area (Å²) in [5.74, 6) is 0.0370. The number of aromatic nitrogens is 1. The van der Waals surface area contributed by atoms with Crippen molar-refractivity contribution in [2.75, 3.05) is 6.54 Å². The zero-order chi connectivity index (χ0) is 13.8. The Morgan fingerprint density at radius 1 is 1.32 bits per heavy atom. The van der Waals surface area contributed by atoms with E-state index in [-0.39, 0.29) is 5.91 Å². The van der Waals surface area contributed by atoms with Gasteiger partial charge in [0, 0.05) is 31.4 Å². The quantitative estimate of drug-likeness (QED) is 0.841. The van der Waals surface area contributed by atoms with Crippen LogP contribution in [0.5, 0.6) is 0 Å². The summed E-state index contributed by atoms with van der Waals surface area (Å²) in [6.07, 6.45) is 1.88. The van der Waals surface area contributed by atoms with Crippen molar-refractivity contribution < 1.29 is 4.79 Å². The van der Waals surface area contributed by atoms with Crippen LogP contribution < -0.4 is 0 Å². The summed E-state index contributed by atoms with van der Waals surface area (Å²) in [5.41, 5.74) is 1.74. The van der Waals surface area contributed by atoms with Gasteiger partial charge in [-0.3, -0.25) is 4.79 Å². The summed E-state index contributed by atoms with van der Waals surface area (Å²) in [4.78, 5) is 14.2. The monoisotopic (exact) mass is 276 g/mol. The van der Waals surface area contributed by atoms with Gasteiger partial charge in [0.15, 0.2) is 0 Å². The maximum Gasteiger partial charge on any atom is 0.270 e. The Morgan fingerprint density at radius 2 is 2.11 bits per heavy atom. The SMILES string of the molecule is CCN(Cc1cccc(Cl)c1)C(=O)c1cccn1C. The van der Waals surface area contributed by atoms with Crippen molar-refractivity contribution in [3.8, 4) is 0 Å². The number of hydrogen-bond acceptors (Lipinski definition) is 1. The number of benzene rings is 1. The molecule has 2 aromatic rings. The third kappa shape index (κ3) is 3.18. The summed E-state index contributed by atoms with van der Waals surface area (Å²) >= 11 is 5.97. The van der Waals surface area contributed by atoms with Gasteiger partial charge in [0.1, 0.15) is 5.69 Å². The molecule has 0 atom stereocenters. The predicted octanol–water partition coefficient (Wildman–Crippen LogP) is 3.34. The molecule has 0 aliphatic rings. The van der Waals surface area contributed by atoms with E-state index in [9.17, 15) is 4.79 Å². The van der Waals surface area contributed by atoms with E-state index < -0.39 is 0 Å². The highest BCUT2D eigenvalue weighted by Gasteiger charge is 2.16. The van der Waals surface area contributed by atoms with Crippen LogP contribution in [-0.4, -0.2) is 21.9 Å². The fourth-order valence-electron chi connectivity index (χ4n) is 2.03. The van der Waals surface area contributed by atoms with Gasteiger partial charge in [-0.25, -0.2) is 0 Å². The summed E-state index contributed by atoms with van der Waals surface area (Å²) in [6.45, 7) is 3.21. The molecule has 0 fully saturated rings. The molecule has 1 amide bonds. The van der Waals surface area contributed by atoms with E-state index in [4.69, 9.17) is 11.6 Å². The van der Waals surface area contributed by atoms with Gasteiger partial charge in [0.25, 0.3) is 5.91 Å². The van der Waals surface area contributed by atoms with Crippen LogP contribution in [0.3, 0.4) is 0 Å². The number of nitrogens with zero attached hydrogens (tertiary/aromatic N) is 2. The van der Waals surface area contributed by atoms with Gasteiger partial charge in [-0.05, 0) is 36.8 Å². The highest BCUT2D eigenvalue weighted by atomic mass is 35.5. The van der Waals surface area contributed by atoms with E-state index in [1.165, 1.54) is 0 Å². The molecular weight excluding hydrogens is 260 g/mol. The molecule has 0 unspecified atom stereocenters. The Labute approximate surface area is 118 Å². The van der Waals surface area contributed by atoms with E-state index in [1.54, 1.807) is 4.90 Å². The minimum Gasteiger partial charge on any atom is -0.347 e. The van der Waals surface area contributed by atoms with Gasteiger partial charge in [0.2, 0.25) is 0 Å². The Morgan fingerprint density at radius 3 is 2.68 bits per heavy atom. The molecule has 0 radical (unpaired) electrons. The molecule has 4 heteroatoms. The van der Waals surface area contributed by atoms with Gasteiger partial charge in [-0.15, -0.1) is 0 Å². The molecule has 0 spiro atoms. The van der Waals surface area contributed by atoms with Crippen LogP contribution in [0.25, 0.3) is 0 Å². The van der Waals surface area contributed by atoms with Crippen molar-refractivity contribution in [3.05, 3.63) is 58.9 Å². The van der Waals surface area contributed by atoms with Gasteiger partial charge in [-0.2, -0.15) is 0 Å². The first-order valence-electron chi connectivity index (χ1n) is 6.27. The Balaban J connectivity index is 2.17. The summed E-state index contributed by atoms with van der Waals surface area (Å²) in [7, 11) is 1.88. The molecule has 19 heavy (non-hydrogen) atoms. The number of rotatable bonds is 4. The average molecular weight is 277 g/mol. The van der Waals surface area contributed by atoms with Crippen molar-refractivity contribution in [2.24, 2.45) is 7.05 Å². The molecule has 3 nitrogen and oxygen atoms in total. The van der Waals surface area contributed by atoms with Gasteiger partial charge in [0.05, 0.1) is 0 Å². The molecule has 0 N–H and O–H groups in total. The van der Waals surface area contributed by atoms with E-state index in [1.807, 2.05) is 61.1 Å². The van der Waals surface area contributed by atoms with Crippen molar-refractivity contribution in [1.82, 2.24) is 9.47 Å². The molecule has 0 saturated carbocycles. The molecule has 0 saturated heterocycles. The van der Waals surface area contributed by atoms with Gasteiger partial charge >= 0.3 is 0 Å². The van der Waals surface area contributed by atoms with Crippen LogP contribution in [-0.2, 0) is 13.6 Å². The second-order valence-corrected chi connectivity index (χ2v) is 4.89. The molecule has 0 bridgehead atoms. The zero-order valence-electron chi connectivity index (χ0n) is 11.1. The summed E-state index contributed by atoms with van der Waals surface area (Å²) < 4.78 is 1.84. The third-order valence-corrected chi connectivity index (χ3v) is 3.33. The lowest BCUT2D eigenvalue weighted by atomic mass is 10.2. The maximum atomic E-state index is 12.4. The van der Waals surface area contributed by atoms with Crippen molar-refractivity contribution in [1.29, 1.82) is 0 Å². The Kier molecular flexibility index (Phi) is 4.27. The van der Waals surface area contributed by atoms with Crippen LogP contribution in [0.2, 0.25) is 5.02 Å². The Bertz CT molecular complexity index is 577. The molecule has 1 heterocycles. The predicted molar refractivity (Wildman–Crippen MR) is 77.3 cm³/mol. The van der Waals surface area contributed by atoms with Crippen molar-refractivity contribution >= 4 is 17.5 Å². The maximum absolute atomic E-state index is 12.4. The number of halogens is 1. The van der Waals surface area contributed by atoms with Crippen LogP contribution in [0.15, 0.2) is 42.6 Å². The number of amides is 1. The van der Waals surface area contributed by atoms with Gasteiger partial charge < -0.3 is 9.47 Å². The Hall–Kier alpha value is -1.74. The van der Waals surface area contributed by atoms with E-state index in [0.29, 0.717) is 23.8 Å². The fraction of sp³-hybridized carbons (Fsp3) is 0.267. The highest BCUT2D eigenvalue weighted by Crippen LogP contribution is 2.14. The minimum atomic E-state index is 0.0370. The lowest BCUT2D eigenvalue weighted by Gasteiger charge is -2.21. The summed E-state index contributed by atoms with van der Waals surface area (Å²) in [5, 5.41) is 0.694. The molecule has 1 aromatic carbocycles. The van der Waals surface area contributed by atoms with E-state index in [0.717, 1.165) is 5.56 Å². The van der Waals surface area contributed by atoms with Gasteiger partial charge in [-0.1, -0.05) is 23.7 Å².